The number of ether oxygens (including phenoxy) is 1. The van der Waals surface area contributed by atoms with Gasteiger partial charge in [-0.1, -0.05) is 64.1 Å². The number of hydrogen-bond acceptors (Lipinski definition) is 8. The predicted molar refractivity (Wildman–Crippen MR) is 135 cm³/mol. The van der Waals surface area contributed by atoms with Gasteiger partial charge in [-0.25, -0.2) is 10.1 Å². The van der Waals surface area contributed by atoms with Crippen LogP contribution in [0.25, 0.3) is 10.8 Å². The van der Waals surface area contributed by atoms with Gasteiger partial charge in [-0.2, -0.15) is 5.10 Å². The highest BCUT2D eigenvalue weighted by molar-refractivity contribution is 9.10. The topological polar surface area (TPSA) is 119 Å². The van der Waals surface area contributed by atoms with E-state index in [4.69, 9.17) is 10.6 Å². The number of nitrogen functional groups attached to an aromatic ring is 1. The van der Waals surface area contributed by atoms with Crippen molar-refractivity contribution in [3.05, 3.63) is 70.7 Å². The summed E-state index contributed by atoms with van der Waals surface area (Å²) in [6, 6.07) is 19.2. The number of fused-ring (bicyclic) bond motifs is 1. The summed E-state index contributed by atoms with van der Waals surface area (Å²) in [5, 5.41) is 17.5. The molecule has 0 saturated heterocycles. The maximum atomic E-state index is 12.5. The highest BCUT2D eigenvalue weighted by Gasteiger charge is 2.13. The van der Waals surface area contributed by atoms with Gasteiger partial charge in [-0.3, -0.25) is 4.79 Å². The Bertz CT molecular complexity index is 1320. The molecule has 9 nitrogen and oxygen atoms in total. The lowest BCUT2D eigenvalue weighted by Crippen LogP contribution is -2.17. The maximum Gasteiger partial charge on any atom is 0.264 e. The van der Waals surface area contributed by atoms with Crippen LogP contribution in [0.5, 0.6) is 5.75 Å². The second kappa shape index (κ2) is 10.4. The van der Waals surface area contributed by atoms with E-state index in [-0.39, 0.29) is 17.6 Å². The van der Waals surface area contributed by atoms with Crippen molar-refractivity contribution in [1.29, 1.82) is 0 Å². The first-order chi connectivity index (χ1) is 16.0. The Morgan fingerprint density at radius 2 is 2.03 bits per heavy atom. The van der Waals surface area contributed by atoms with E-state index in [0.717, 1.165) is 26.5 Å². The summed E-state index contributed by atoms with van der Waals surface area (Å²) >= 11 is 4.59. The molecule has 0 unspecified atom stereocenters. The molecule has 0 radical (unpaired) electrons. The van der Waals surface area contributed by atoms with Crippen LogP contribution in [0.4, 0.5) is 11.6 Å². The third kappa shape index (κ3) is 5.44. The minimum atomic E-state index is -0.173. The normalized spacial score (nSPS) is 11.1. The third-order valence-corrected chi connectivity index (χ3v) is 6.06. The number of nitrogens with zero attached hydrogens (tertiary/aromatic N) is 4. The molecule has 0 aliphatic carbocycles. The Labute approximate surface area is 202 Å². The Balaban J connectivity index is 1.36. The van der Waals surface area contributed by atoms with Crippen LogP contribution < -0.4 is 21.3 Å². The van der Waals surface area contributed by atoms with E-state index in [9.17, 15) is 4.79 Å². The minimum Gasteiger partial charge on any atom is -0.496 e. The van der Waals surface area contributed by atoms with E-state index in [0.29, 0.717) is 10.9 Å². The van der Waals surface area contributed by atoms with Crippen molar-refractivity contribution in [2.75, 3.05) is 29.4 Å². The van der Waals surface area contributed by atoms with Crippen LogP contribution in [-0.4, -0.2) is 39.9 Å². The Kier molecular flexibility index (Phi) is 7.10. The smallest absolute Gasteiger partial charge is 0.264 e. The van der Waals surface area contributed by atoms with Crippen LogP contribution in [0.3, 0.4) is 0 Å². The fraction of sp³-hybridized carbons (Fsp3) is 0.0909. The largest absolute Gasteiger partial charge is 0.496 e. The van der Waals surface area contributed by atoms with Gasteiger partial charge in [0.15, 0.2) is 0 Å². The second-order valence-corrected chi connectivity index (χ2v) is 8.65. The number of thioether (sulfide) groups is 1. The first-order valence-electron chi connectivity index (χ1n) is 9.78. The SMILES string of the molecule is COc1ccc(Br)cc1/C=N/Nc1nnc(SCC(=O)Nc2cccc3ccccc23)n1N. The molecule has 3 aromatic carbocycles. The van der Waals surface area contributed by atoms with Gasteiger partial charge in [0.1, 0.15) is 5.75 Å². The number of carbonyl (C=O) groups excluding carboxylic acids is 1. The average molecular weight is 526 g/mol. The molecule has 0 fully saturated rings. The lowest BCUT2D eigenvalue weighted by Gasteiger charge is -2.08. The van der Waals surface area contributed by atoms with E-state index in [1.54, 1.807) is 13.3 Å². The maximum absolute atomic E-state index is 12.5. The molecule has 0 saturated carbocycles. The lowest BCUT2D eigenvalue weighted by molar-refractivity contribution is -0.113. The van der Waals surface area contributed by atoms with Gasteiger partial charge in [0.25, 0.3) is 5.95 Å². The summed E-state index contributed by atoms with van der Waals surface area (Å²) in [4.78, 5) is 12.5. The molecule has 11 heteroatoms. The first kappa shape index (κ1) is 22.6. The van der Waals surface area contributed by atoms with Gasteiger partial charge in [0.2, 0.25) is 11.1 Å². The zero-order chi connectivity index (χ0) is 23.2. The van der Waals surface area contributed by atoms with Crippen LogP contribution >= 0.6 is 27.7 Å². The van der Waals surface area contributed by atoms with Crippen molar-refractivity contribution in [2.45, 2.75) is 5.16 Å². The lowest BCUT2D eigenvalue weighted by atomic mass is 10.1. The van der Waals surface area contributed by atoms with Crippen molar-refractivity contribution >= 4 is 62.2 Å². The number of benzene rings is 3. The Hall–Kier alpha value is -3.57. The molecular weight excluding hydrogens is 506 g/mol. The summed E-state index contributed by atoms with van der Waals surface area (Å²) in [7, 11) is 1.59. The number of carbonyl (C=O) groups is 1. The quantitative estimate of drug-likeness (QED) is 0.137. The Morgan fingerprint density at radius 3 is 2.88 bits per heavy atom. The van der Waals surface area contributed by atoms with Crippen LogP contribution in [0, 0.1) is 0 Å². The molecule has 33 heavy (non-hydrogen) atoms. The third-order valence-electron chi connectivity index (χ3n) is 4.62. The van der Waals surface area contributed by atoms with Crippen LogP contribution in [0.1, 0.15) is 5.56 Å². The van der Waals surface area contributed by atoms with Gasteiger partial charge < -0.3 is 15.9 Å². The summed E-state index contributed by atoms with van der Waals surface area (Å²) < 4.78 is 7.45. The van der Waals surface area contributed by atoms with Gasteiger partial charge in [0, 0.05) is 21.1 Å². The molecule has 4 rings (SSSR count). The fourth-order valence-electron chi connectivity index (χ4n) is 3.07. The van der Waals surface area contributed by atoms with Gasteiger partial charge in [0.05, 0.1) is 19.1 Å². The first-order valence-corrected chi connectivity index (χ1v) is 11.6. The molecule has 0 aliphatic heterocycles. The summed E-state index contributed by atoms with van der Waals surface area (Å²) in [5.41, 5.74) is 4.27. The zero-order valence-electron chi connectivity index (χ0n) is 17.5. The van der Waals surface area contributed by atoms with Crippen molar-refractivity contribution in [3.8, 4) is 5.75 Å². The molecule has 4 N–H and O–H groups in total. The molecule has 1 amide bonds. The molecule has 0 atom stereocenters. The zero-order valence-corrected chi connectivity index (χ0v) is 19.9. The number of hydrogen-bond donors (Lipinski definition) is 3. The molecule has 1 aromatic heterocycles. The Morgan fingerprint density at radius 1 is 1.21 bits per heavy atom. The highest BCUT2D eigenvalue weighted by Crippen LogP contribution is 2.24. The fourth-order valence-corrected chi connectivity index (χ4v) is 4.10. The van der Waals surface area contributed by atoms with Gasteiger partial charge in [-0.15, -0.1) is 10.2 Å². The number of nitrogens with one attached hydrogen (secondary N) is 2. The summed E-state index contributed by atoms with van der Waals surface area (Å²) in [6.45, 7) is 0. The average Bonchev–Trinajstić information content (AvgIpc) is 3.17. The number of aromatic nitrogens is 3. The molecule has 0 spiro atoms. The molecular formula is C22H20BrN7O2S. The van der Waals surface area contributed by atoms with Crippen LogP contribution in [0.2, 0.25) is 0 Å². The van der Waals surface area contributed by atoms with E-state index in [2.05, 4.69) is 42.0 Å². The van der Waals surface area contributed by atoms with Crippen LogP contribution in [-0.2, 0) is 4.79 Å². The number of methoxy groups -OCH3 is 1. The number of hydrazone groups is 1. The molecule has 1 heterocycles. The number of anilines is 2. The standard InChI is InChI=1S/C22H20BrN7O2S/c1-32-19-10-9-16(23)11-15(19)12-25-27-21-28-29-22(30(21)24)33-13-20(31)26-18-8-4-6-14-5-2-3-7-17(14)18/h2-12H,13,24H2,1H3,(H,26,31)(H,27,28)/b25-12+. The summed E-state index contributed by atoms with van der Waals surface area (Å²) in [6.07, 6.45) is 1.59. The number of nitrogens with two attached hydrogens (primary N) is 1. The number of halogens is 1. The van der Waals surface area contributed by atoms with E-state index in [1.807, 2.05) is 60.7 Å². The molecule has 0 bridgehead atoms. The predicted octanol–water partition coefficient (Wildman–Crippen LogP) is 4.09. The van der Waals surface area contributed by atoms with Crippen molar-refractivity contribution < 1.29 is 9.53 Å². The molecule has 168 valence electrons. The van der Waals surface area contributed by atoms with Crippen LogP contribution in [0.15, 0.2) is 75.4 Å². The van der Waals surface area contributed by atoms with Gasteiger partial charge >= 0.3 is 0 Å². The number of amides is 1. The van der Waals surface area contributed by atoms with Crippen molar-refractivity contribution in [1.82, 2.24) is 14.9 Å². The van der Waals surface area contributed by atoms with E-state index < -0.39 is 0 Å². The number of rotatable bonds is 8. The summed E-state index contributed by atoms with van der Waals surface area (Å²) in [5.74, 6) is 6.90. The van der Waals surface area contributed by atoms with E-state index >= 15 is 0 Å². The van der Waals surface area contributed by atoms with Crippen molar-refractivity contribution in [3.63, 3.8) is 0 Å². The van der Waals surface area contributed by atoms with Crippen molar-refractivity contribution in [2.24, 2.45) is 5.10 Å². The molecule has 4 aromatic rings. The van der Waals surface area contributed by atoms with E-state index in [1.165, 1.54) is 16.4 Å². The minimum absolute atomic E-state index is 0.122. The monoisotopic (exact) mass is 525 g/mol. The molecule has 0 aliphatic rings. The van der Waals surface area contributed by atoms with Gasteiger partial charge in [-0.05, 0) is 29.7 Å². The highest BCUT2D eigenvalue weighted by atomic mass is 79.9. The second-order valence-electron chi connectivity index (χ2n) is 6.80.